The maximum Gasteiger partial charge on any atom is 0.265 e. The van der Waals surface area contributed by atoms with E-state index >= 15 is 0 Å². The lowest BCUT2D eigenvalue weighted by atomic mass is 10.1. The van der Waals surface area contributed by atoms with E-state index in [2.05, 4.69) is 5.32 Å². The second-order valence-corrected chi connectivity index (χ2v) is 8.02. The van der Waals surface area contributed by atoms with Crippen LogP contribution in [0.2, 0.25) is 0 Å². The summed E-state index contributed by atoms with van der Waals surface area (Å²) in [5.41, 5.74) is 2.02. The van der Waals surface area contributed by atoms with Crippen molar-refractivity contribution >= 4 is 29.0 Å². The Labute approximate surface area is 182 Å². The molecule has 2 aromatic rings. The van der Waals surface area contributed by atoms with Gasteiger partial charge in [-0.05, 0) is 62.6 Å². The van der Waals surface area contributed by atoms with Gasteiger partial charge in [-0.25, -0.2) is 0 Å². The molecule has 4 rings (SSSR count). The highest BCUT2D eigenvalue weighted by atomic mass is 16.5. The van der Waals surface area contributed by atoms with Crippen molar-refractivity contribution in [1.82, 2.24) is 4.90 Å². The Bertz CT molecular complexity index is 967. The van der Waals surface area contributed by atoms with Crippen LogP contribution in [0.25, 0.3) is 0 Å². The molecule has 0 saturated carbocycles. The summed E-state index contributed by atoms with van der Waals surface area (Å²) in [4.78, 5) is 40.9. The quantitative estimate of drug-likeness (QED) is 0.751. The zero-order valence-corrected chi connectivity index (χ0v) is 17.7. The van der Waals surface area contributed by atoms with Gasteiger partial charge < -0.3 is 19.9 Å². The van der Waals surface area contributed by atoms with Crippen molar-refractivity contribution in [3.05, 3.63) is 54.1 Å². The lowest BCUT2D eigenvalue weighted by Gasteiger charge is -2.38. The van der Waals surface area contributed by atoms with Crippen LogP contribution >= 0.6 is 0 Å². The number of carbonyl (C=O) groups is 3. The number of Topliss-reactive ketones (excluding diaryl/α,β-unsaturated/α-hetero) is 1. The summed E-state index contributed by atoms with van der Waals surface area (Å²) in [6.45, 7) is 3.45. The zero-order valence-electron chi connectivity index (χ0n) is 17.7. The Morgan fingerprint density at radius 2 is 1.71 bits per heavy atom. The van der Waals surface area contributed by atoms with E-state index in [9.17, 15) is 14.4 Å². The van der Waals surface area contributed by atoms with Gasteiger partial charge in [0.15, 0.2) is 11.9 Å². The van der Waals surface area contributed by atoms with Crippen LogP contribution in [-0.4, -0.2) is 54.8 Å². The molecule has 2 aliphatic heterocycles. The van der Waals surface area contributed by atoms with Gasteiger partial charge in [-0.15, -0.1) is 0 Å². The van der Waals surface area contributed by atoms with Crippen LogP contribution < -0.4 is 15.0 Å². The van der Waals surface area contributed by atoms with Crippen LogP contribution in [0.1, 0.15) is 36.5 Å². The number of nitrogens with zero attached hydrogens (tertiary/aromatic N) is 2. The van der Waals surface area contributed by atoms with Crippen LogP contribution in [0.15, 0.2) is 48.5 Å². The van der Waals surface area contributed by atoms with Gasteiger partial charge >= 0.3 is 0 Å². The van der Waals surface area contributed by atoms with Crippen LogP contribution in [0.5, 0.6) is 5.75 Å². The molecule has 31 heavy (non-hydrogen) atoms. The lowest BCUT2D eigenvalue weighted by molar-refractivity contribution is -0.139. The Balaban J connectivity index is 1.46. The molecule has 2 heterocycles. The molecule has 1 saturated heterocycles. The number of nitrogens with one attached hydrogen (secondary N) is 1. The summed E-state index contributed by atoms with van der Waals surface area (Å²) in [6, 6.07) is 14.3. The largest absolute Gasteiger partial charge is 0.477 e. The van der Waals surface area contributed by atoms with Gasteiger partial charge in [-0.2, -0.15) is 0 Å². The van der Waals surface area contributed by atoms with Crippen molar-refractivity contribution < 1.29 is 19.1 Å². The normalized spacial score (nSPS) is 18.0. The summed E-state index contributed by atoms with van der Waals surface area (Å²) in [5.74, 6) is 0.380. The third-order valence-corrected chi connectivity index (χ3v) is 5.71. The number of hydrogen-bond acceptors (Lipinski definition) is 5. The number of carbonyl (C=O) groups excluding carboxylic acids is 3. The molecule has 7 nitrogen and oxygen atoms in total. The molecule has 0 aromatic heterocycles. The van der Waals surface area contributed by atoms with Gasteiger partial charge in [0, 0.05) is 24.3 Å². The molecule has 2 aromatic carbocycles. The van der Waals surface area contributed by atoms with Gasteiger partial charge in [0.05, 0.1) is 18.8 Å². The molecule has 2 amide bonds. The molecule has 0 spiro atoms. The number of fused-ring (bicyclic) bond motifs is 1. The van der Waals surface area contributed by atoms with E-state index in [1.165, 1.54) is 6.92 Å². The maximum absolute atomic E-state index is 13.0. The molecule has 0 unspecified atom stereocenters. The Morgan fingerprint density at radius 1 is 1.00 bits per heavy atom. The number of para-hydroxylation sites is 2. The van der Waals surface area contributed by atoms with Crippen LogP contribution in [0, 0.1) is 0 Å². The number of piperidine rings is 1. The molecule has 2 aliphatic rings. The van der Waals surface area contributed by atoms with E-state index in [-0.39, 0.29) is 24.1 Å². The summed E-state index contributed by atoms with van der Waals surface area (Å²) >= 11 is 0. The highest BCUT2D eigenvalue weighted by molar-refractivity contribution is 5.97. The minimum absolute atomic E-state index is 0.0144. The summed E-state index contributed by atoms with van der Waals surface area (Å²) in [7, 11) is 0. The fourth-order valence-electron chi connectivity index (χ4n) is 4.07. The summed E-state index contributed by atoms with van der Waals surface area (Å²) in [6.07, 6.45) is 2.56. The molecular weight excluding hydrogens is 394 g/mol. The van der Waals surface area contributed by atoms with Crippen LogP contribution in [-0.2, 0) is 9.59 Å². The second-order valence-electron chi connectivity index (χ2n) is 8.02. The number of anilines is 2. The van der Waals surface area contributed by atoms with Crippen molar-refractivity contribution in [2.24, 2.45) is 0 Å². The highest BCUT2D eigenvalue weighted by Crippen LogP contribution is 2.33. The smallest absolute Gasteiger partial charge is 0.265 e. The lowest BCUT2D eigenvalue weighted by Crippen LogP contribution is -2.52. The molecule has 0 radical (unpaired) electrons. The van der Waals surface area contributed by atoms with Crippen LogP contribution in [0.4, 0.5) is 11.4 Å². The molecule has 1 N–H and O–H groups in total. The van der Waals surface area contributed by atoms with Crippen LogP contribution in [0.3, 0.4) is 0 Å². The van der Waals surface area contributed by atoms with E-state index in [4.69, 9.17) is 4.74 Å². The Hall–Kier alpha value is -3.35. The minimum Gasteiger partial charge on any atom is -0.477 e. The average molecular weight is 421 g/mol. The topological polar surface area (TPSA) is 79.0 Å². The predicted octanol–water partition coefficient (Wildman–Crippen LogP) is 3.11. The van der Waals surface area contributed by atoms with Crippen molar-refractivity contribution in [1.29, 1.82) is 0 Å². The average Bonchev–Trinajstić information content (AvgIpc) is 2.79. The summed E-state index contributed by atoms with van der Waals surface area (Å²) < 4.78 is 6.02. The fourth-order valence-corrected chi connectivity index (χ4v) is 4.07. The van der Waals surface area contributed by atoms with Gasteiger partial charge in [0.1, 0.15) is 5.75 Å². The van der Waals surface area contributed by atoms with Gasteiger partial charge in [-0.1, -0.05) is 12.1 Å². The van der Waals surface area contributed by atoms with E-state index in [0.29, 0.717) is 23.5 Å². The first-order valence-corrected chi connectivity index (χ1v) is 10.7. The number of rotatable bonds is 5. The molecule has 0 bridgehead atoms. The van der Waals surface area contributed by atoms with Crippen molar-refractivity contribution in [2.75, 3.05) is 36.4 Å². The van der Waals surface area contributed by atoms with Gasteiger partial charge in [-0.3, -0.25) is 14.4 Å². The van der Waals surface area contributed by atoms with E-state index in [1.807, 2.05) is 34.1 Å². The van der Waals surface area contributed by atoms with Crippen molar-refractivity contribution in [3.63, 3.8) is 0 Å². The third kappa shape index (κ3) is 4.87. The highest BCUT2D eigenvalue weighted by Gasteiger charge is 2.34. The van der Waals surface area contributed by atoms with Gasteiger partial charge in [0.25, 0.3) is 5.91 Å². The number of benzene rings is 2. The molecule has 0 aliphatic carbocycles. The predicted molar refractivity (Wildman–Crippen MR) is 119 cm³/mol. The van der Waals surface area contributed by atoms with Gasteiger partial charge in [0.2, 0.25) is 5.91 Å². The number of ether oxygens (including phenoxy) is 1. The number of likely N-dealkylation sites (tertiary alicyclic amines) is 1. The van der Waals surface area contributed by atoms with E-state index in [1.54, 1.807) is 24.3 Å². The molecule has 1 atom stereocenters. The monoisotopic (exact) mass is 421 g/mol. The molecule has 162 valence electrons. The molecule has 7 heteroatoms. The standard InChI is InChI=1S/C24H27N3O4/c1-17(28)18-9-11-19(12-10-18)25-23(29)16-27-15-22(24(30)26-13-5-2-6-14-26)31-21-8-4-3-7-20(21)27/h3-4,7-12,22H,2,5-6,13-16H2,1H3,(H,25,29)/t22-/m1/s1. The SMILES string of the molecule is CC(=O)c1ccc(NC(=O)CN2C[C@H](C(=O)N3CCCCC3)Oc3ccccc32)cc1. The first-order chi connectivity index (χ1) is 15.0. The summed E-state index contributed by atoms with van der Waals surface area (Å²) in [5, 5.41) is 2.87. The van der Waals surface area contributed by atoms with Crippen molar-refractivity contribution in [3.8, 4) is 5.75 Å². The fraction of sp³-hybridized carbons (Fsp3) is 0.375. The molecular formula is C24H27N3O4. The first-order valence-electron chi connectivity index (χ1n) is 10.7. The first kappa shape index (κ1) is 20.9. The maximum atomic E-state index is 13.0. The molecule has 1 fully saturated rings. The van der Waals surface area contributed by atoms with E-state index in [0.717, 1.165) is 38.0 Å². The third-order valence-electron chi connectivity index (χ3n) is 5.71. The number of hydrogen-bond donors (Lipinski definition) is 1. The van der Waals surface area contributed by atoms with E-state index < -0.39 is 6.10 Å². The number of amides is 2. The minimum atomic E-state index is -0.629. The Morgan fingerprint density at radius 3 is 2.42 bits per heavy atom. The second kappa shape index (κ2) is 9.20. The Kier molecular flexibility index (Phi) is 6.21. The number of ketones is 1. The zero-order chi connectivity index (χ0) is 21.8. The van der Waals surface area contributed by atoms with Crippen molar-refractivity contribution in [2.45, 2.75) is 32.3 Å².